The van der Waals surface area contributed by atoms with Crippen molar-refractivity contribution in [3.05, 3.63) is 145 Å². The van der Waals surface area contributed by atoms with Crippen LogP contribution >= 0.6 is 0 Å². The van der Waals surface area contributed by atoms with Crippen LogP contribution in [0.4, 0.5) is 0 Å². The molecule has 190 valence electrons. The summed E-state index contributed by atoms with van der Waals surface area (Å²) in [7, 11) is 0. The van der Waals surface area contributed by atoms with Gasteiger partial charge in [-0.2, -0.15) is 0 Å². The lowest BCUT2D eigenvalue weighted by molar-refractivity contribution is 0.669. The van der Waals surface area contributed by atoms with Crippen LogP contribution in [0.1, 0.15) is 6.85 Å². The van der Waals surface area contributed by atoms with Gasteiger partial charge in [-0.1, -0.05) is 121 Å². The van der Waals surface area contributed by atoms with Crippen molar-refractivity contribution in [3.8, 4) is 33.4 Å². The summed E-state index contributed by atoms with van der Waals surface area (Å²) >= 11 is 0. The van der Waals surface area contributed by atoms with E-state index >= 15 is 0 Å². The van der Waals surface area contributed by atoms with E-state index in [0.717, 1.165) is 76.5 Å². The van der Waals surface area contributed by atoms with Crippen LogP contribution < -0.4 is 0 Å². The maximum atomic E-state index is 8.64. The van der Waals surface area contributed by atoms with E-state index in [-0.39, 0.29) is 35.8 Å². The smallest absolute Gasteiger partial charge is 0.136 e. The van der Waals surface area contributed by atoms with Crippen molar-refractivity contribution in [2.24, 2.45) is 0 Å². The van der Waals surface area contributed by atoms with Gasteiger partial charge in [0.05, 0.1) is 6.85 Å². The molecule has 1 heteroatoms. The summed E-state index contributed by atoms with van der Waals surface area (Å²) < 4.78 is 48.2. The summed E-state index contributed by atoms with van der Waals surface area (Å²) in [6.45, 7) is 0. The molecule has 41 heavy (non-hydrogen) atoms. The van der Waals surface area contributed by atoms with Gasteiger partial charge in [0, 0.05) is 10.8 Å². The number of rotatable bonds is 3. The van der Waals surface area contributed by atoms with E-state index in [1.54, 1.807) is 0 Å². The third kappa shape index (κ3) is 3.36. The Hall–Kier alpha value is -5.40. The molecular weight excluding hydrogens is 496 g/mol. The van der Waals surface area contributed by atoms with E-state index in [0.29, 0.717) is 5.56 Å². The fraction of sp³-hybridized carbons (Fsp3) is 0. The molecule has 9 rings (SSSR count). The van der Waals surface area contributed by atoms with Gasteiger partial charge in [0.15, 0.2) is 0 Å². The molecule has 8 aromatic carbocycles. The molecule has 1 nitrogen and oxygen atoms in total. The summed E-state index contributed by atoms with van der Waals surface area (Å²) in [6, 6.07) is 38.1. The Bertz CT molecular complexity index is 2660. The van der Waals surface area contributed by atoms with E-state index in [9.17, 15) is 0 Å². The van der Waals surface area contributed by atoms with Gasteiger partial charge in [-0.15, -0.1) is 0 Å². The second-order valence-electron chi connectivity index (χ2n) is 10.5. The molecule has 1 aromatic heterocycles. The van der Waals surface area contributed by atoms with E-state index in [1.807, 2.05) is 42.5 Å². The molecule has 0 N–H and O–H groups in total. The molecule has 0 saturated carbocycles. The topological polar surface area (TPSA) is 13.1 Å². The summed E-state index contributed by atoms with van der Waals surface area (Å²) in [5.41, 5.74) is 6.96. The van der Waals surface area contributed by atoms with Crippen molar-refractivity contribution in [1.82, 2.24) is 0 Å². The van der Waals surface area contributed by atoms with E-state index in [4.69, 9.17) is 11.3 Å². The normalized spacial score (nSPS) is 13.6. The molecular formula is C40H24O. The van der Waals surface area contributed by atoms with Gasteiger partial charge in [0.1, 0.15) is 11.2 Å². The lowest BCUT2D eigenvalue weighted by Gasteiger charge is -2.16. The summed E-state index contributed by atoms with van der Waals surface area (Å²) in [4.78, 5) is 0. The number of hydrogen-bond donors (Lipinski definition) is 0. The largest absolute Gasteiger partial charge is 0.456 e. The first kappa shape index (κ1) is 18.0. The highest BCUT2D eigenvalue weighted by Gasteiger charge is 2.16. The molecule has 0 bridgehead atoms. The molecule has 0 radical (unpaired) electrons. The zero-order valence-corrected chi connectivity index (χ0v) is 21.9. The summed E-state index contributed by atoms with van der Waals surface area (Å²) in [5, 5.41) is 8.30. The average Bonchev–Trinajstić information content (AvgIpc) is 3.47. The van der Waals surface area contributed by atoms with Crippen LogP contribution in [0.5, 0.6) is 0 Å². The van der Waals surface area contributed by atoms with Gasteiger partial charge in [0.2, 0.25) is 0 Å². The molecule has 0 aliphatic rings. The monoisotopic (exact) mass is 525 g/mol. The molecule has 0 aliphatic heterocycles. The first-order valence-electron chi connectivity index (χ1n) is 16.2. The second kappa shape index (κ2) is 8.55. The predicted molar refractivity (Wildman–Crippen MR) is 174 cm³/mol. The molecule has 9 aromatic rings. The van der Waals surface area contributed by atoms with Crippen molar-refractivity contribution >= 4 is 54.3 Å². The van der Waals surface area contributed by atoms with Gasteiger partial charge in [0.25, 0.3) is 0 Å². The van der Waals surface area contributed by atoms with Crippen LogP contribution in [0.3, 0.4) is 0 Å². The fourth-order valence-corrected chi connectivity index (χ4v) is 6.41. The van der Waals surface area contributed by atoms with Gasteiger partial charge in [-0.3, -0.25) is 0 Å². The molecule has 0 atom stereocenters. The van der Waals surface area contributed by atoms with E-state index < -0.39 is 0 Å². The van der Waals surface area contributed by atoms with Crippen LogP contribution in [0, 0.1) is 0 Å². The zero-order chi connectivity index (χ0) is 31.3. The molecule has 0 fully saturated rings. The van der Waals surface area contributed by atoms with Crippen molar-refractivity contribution in [1.29, 1.82) is 0 Å². The fourth-order valence-electron chi connectivity index (χ4n) is 6.41. The standard InChI is InChI=1S/C40H24O/c1-3-7-25(8-4-1)29-15-19-33-36-23-30(16-22-37(36)41-38(33)24-29)32-18-12-28-13-20-34-31(26-9-5-2-6-10-26)17-11-27-14-21-35(32)40(28)39(27)34/h1-24H/i2D,5D,6D,9D,10D. The van der Waals surface area contributed by atoms with Crippen molar-refractivity contribution in [2.45, 2.75) is 0 Å². The molecule has 0 aliphatic carbocycles. The predicted octanol–water partition coefficient (Wildman–Crippen LogP) is 11.5. The summed E-state index contributed by atoms with van der Waals surface area (Å²) in [6.07, 6.45) is 0. The molecule has 1 heterocycles. The number of fused-ring (bicyclic) bond motifs is 3. The lowest BCUT2D eigenvalue weighted by atomic mass is 9.87. The van der Waals surface area contributed by atoms with Gasteiger partial charge < -0.3 is 4.42 Å². The van der Waals surface area contributed by atoms with Crippen LogP contribution in [-0.2, 0) is 0 Å². The lowest BCUT2D eigenvalue weighted by Crippen LogP contribution is -1.89. The third-order valence-electron chi connectivity index (χ3n) is 8.32. The molecule has 0 spiro atoms. The Kier molecular flexibility index (Phi) is 3.76. The van der Waals surface area contributed by atoms with Crippen molar-refractivity contribution < 1.29 is 11.3 Å². The van der Waals surface area contributed by atoms with Gasteiger partial charge in [-0.05, 0) is 90.0 Å². The molecule has 0 unspecified atom stereocenters. The molecule has 0 amide bonds. The maximum Gasteiger partial charge on any atom is 0.136 e. The van der Waals surface area contributed by atoms with Gasteiger partial charge >= 0.3 is 0 Å². The Morgan fingerprint density at radius 2 is 1.05 bits per heavy atom. The Balaban J connectivity index is 1.26. The first-order chi connectivity index (χ1) is 22.4. The van der Waals surface area contributed by atoms with Crippen molar-refractivity contribution in [2.75, 3.05) is 0 Å². The van der Waals surface area contributed by atoms with E-state index in [2.05, 4.69) is 72.8 Å². The highest BCUT2D eigenvalue weighted by molar-refractivity contribution is 6.27. The minimum atomic E-state index is -0.389. The second-order valence-corrected chi connectivity index (χ2v) is 10.5. The average molecular weight is 526 g/mol. The quantitative estimate of drug-likeness (QED) is 0.209. The van der Waals surface area contributed by atoms with E-state index in [1.165, 1.54) is 0 Å². The number of hydrogen-bond acceptors (Lipinski definition) is 1. The Morgan fingerprint density at radius 3 is 1.78 bits per heavy atom. The SMILES string of the molecule is [2H]c1c([2H])c([2H])c(-c2ccc3ccc4c(-c5ccc6oc7cc(-c8ccccc8)ccc7c6c5)ccc5ccc2c3c54)c([2H])c1[2H]. The minimum Gasteiger partial charge on any atom is -0.456 e. The highest BCUT2D eigenvalue weighted by Crippen LogP contribution is 2.43. The first-order valence-corrected chi connectivity index (χ1v) is 13.7. The minimum absolute atomic E-state index is 0.196. The Morgan fingerprint density at radius 1 is 0.415 bits per heavy atom. The molecule has 0 saturated heterocycles. The van der Waals surface area contributed by atoms with Crippen LogP contribution in [-0.4, -0.2) is 0 Å². The van der Waals surface area contributed by atoms with Crippen LogP contribution in [0.25, 0.3) is 87.6 Å². The third-order valence-corrected chi connectivity index (χ3v) is 8.32. The van der Waals surface area contributed by atoms with Gasteiger partial charge in [-0.25, -0.2) is 0 Å². The maximum absolute atomic E-state index is 8.64. The Labute approximate surface area is 244 Å². The summed E-state index contributed by atoms with van der Waals surface area (Å²) in [5.74, 6) is 0. The highest BCUT2D eigenvalue weighted by atomic mass is 16.3. The zero-order valence-electron chi connectivity index (χ0n) is 26.9. The number of furan rings is 1. The van der Waals surface area contributed by atoms with Crippen molar-refractivity contribution in [3.63, 3.8) is 0 Å². The number of benzene rings is 8. The van der Waals surface area contributed by atoms with Crippen LogP contribution in [0.2, 0.25) is 0 Å². The van der Waals surface area contributed by atoms with Crippen LogP contribution in [0.15, 0.2) is 150 Å².